The standard InChI is InChI=1S/C25H30N4O4/c1-4-17(2)33-20-10-7-9-19(16-20)24-27-25(31)21(28-29-24)12-13-23(30)26-15-14-18-8-5-6-11-22(18)32-3/h5-11,16-17H,4,12-15H2,1-3H3,(H,26,30)(H,27,29,31). The van der Waals surface area contributed by atoms with Gasteiger partial charge < -0.3 is 19.8 Å². The van der Waals surface area contributed by atoms with Gasteiger partial charge in [-0.25, -0.2) is 0 Å². The zero-order chi connectivity index (χ0) is 23.6. The summed E-state index contributed by atoms with van der Waals surface area (Å²) in [5.74, 6) is 1.72. The number of carbonyl (C=O) groups is 1. The fourth-order valence-electron chi connectivity index (χ4n) is 3.25. The van der Waals surface area contributed by atoms with Gasteiger partial charge in [0.05, 0.1) is 13.2 Å². The zero-order valence-corrected chi connectivity index (χ0v) is 19.3. The summed E-state index contributed by atoms with van der Waals surface area (Å²) < 4.78 is 11.1. The summed E-state index contributed by atoms with van der Waals surface area (Å²) in [5.41, 5.74) is 1.61. The molecule has 0 saturated carbocycles. The minimum atomic E-state index is -0.352. The summed E-state index contributed by atoms with van der Waals surface area (Å²) in [4.78, 5) is 27.4. The molecule has 8 heteroatoms. The number of hydrogen-bond donors (Lipinski definition) is 2. The summed E-state index contributed by atoms with van der Waals surface area (Å²) >= 11 is 0. The number of hydrogen-bond acceptors (Lipinski definition) is 6. The number of H-pyrrole nitrogens is 1. The van der Waals surface area contributed by atoms with Gasteiger partial charge >= 0.3 is 0 Å². The number of rotatable bonds is 11. The molecule has 1 unspecified atom stereocenters. The van der Waals surface area contributed by atoms with Crippen LogP contribution in [0.5, 0.6) is 11.5 Å². The first-order chi connectivity index (χ1) is 16.0. The van der Waals surface area contributed by atoms with Gasteiger partial charge in [0.2, 0.25) is 5.91 Å². The van der Waals surface area contributed by atoms with Crippen molar-refractivity contribution in [3.05, 3.63) is 70.1 Å². The lowest BCUT2D eigenvalue weighted by Crippen LogP contribution is -2.27. The summed E-state index contributed by atoms with van der Waals surface area (Å²) in [6.07, 6.45) is 2.00. The predicted octanol–water partition coefficient (Wildman–Crippen LogP) is 3.31. The number of para-hydroxylation sites is 1. The van der Waals surface area contributed by atoms with E-state index in [-0.39, 0.29) is 36.1 Å². The Kier molecular flexibility index (Phi) is 8.57. The van der Waals surface area contributed by atoms with Crippen LogP contribution in [0.15, 0.2) is 53.3 Å². The van der Waals surface area contributed by atoms with Crippen molar-refractivity contribution in [1.82, 2.24) is 20.5 Å². The van der Waals surface area contributed by atoms with Gasteiger partial charge in [-0.3, -0.25) is 9.59 Å². The number of aromatic amines is 1. The monoisotopic (exact) mass is 450 g/mol. The van der Waals surface area contributed by atoms with Crippen LogP contribution in [0.25, 0.3) is 11.4 Å². The van der Waals surface area contributed by atoms with Gasteiger partial charge in [0.15, 0.2) is 5.82 Å². The molecule has 0 saturated heterocycles. The molecule has 3 rings (SSSR count). The molecule has 0 fully saturated rings. The Morgan fingerprint density at radius 3 is 2.70 bits per heavy atom. The molecule has 174 valence electrons. The summed E-state index contributed by atoms with van der Waals surface area (Å²) in [6.45, 7) is 4.53. The minimum Gasteiger partial charge on any atom is -0.496 e. The van der Waals surface area contributed by atoms with Crippen LogP contribution >= 0.6 is 0 Å². The van der Waals surface area contributed by atoms with E-state index in [0.717, 1.165) is 17.7 Å². The first kappa shape index (κ1) is 24.0. The van der Waals surface area contributed by atoms with Crippen LogP contribution in [0, 0.1) is 0 Å². The Balaban J connectivity index is 1.54. The highest BCUT2D eigenvalue weighted by Crippen LogP contribution is 2.21. The zero-order valence-electron chi connectivity index (χ0n) is 19.3. The summed E-state index contributed by atoms with van der Waals surface area (Å²) in [5, 5.41) is 11.1. The van der Waals surface area contributed by atoms with Gasteiger partial charge in [-0.2, -0.15) is 0 Å². The van der Waals surface area contributed by atoms with Crippen LogP contribution in [-0.4, -0.2) is 40.8 Å². The molecular formula is C25H30N4O4. The van der Waals surface area contributed by atoms with Gasteiger partial charge in [0.25, 0.3) is 5.56 Å². The number of methoxy groups -OCH3 is 1. The topological polar surface area (TPSA) is 106 Å². The highest BCUT2D eigenvalue weighted by Gasteiger charge is 2.11. The maximum atomic E-state index is 12.5. The number of aryl methyl sites for hydroxylation is 1. The van der Waals surface area contributed by atoms with Gasteiger partial charge in [0.1, 0.15) is 17.2 Å². The maximum absolute atomic E-state index is 12.5. The van der Waals surface area contributed by atoms with Gasteiger partial charge in [-0.1, -0.05) is 37.3 Å². The van der Waals surface area contributed by atoms with E-state index in [2.05, 4.69) is 27.4 Å². The van der Waals surface area contributed by atoms with Crippen molar-refractivity contribution in [3.63, 3.8) is 0 Å². The highest BCUT2D eigenvalue weighted by atomic mass is 16.5. The van der Waals surface area contributed by atoms with Crippen LogP contribution in [0.3, 0.4) is 0 Å². The average molecular weight is 451 g/mol. The lowest BCUT2D eigenvalue weighted by atomic mass is 10.1. The van der Waals surface area contributed by atoms with Crippen LogP contribution < -0.4 is 20.3 Å². The molecule has 1 aromatic heterocycles. The van der Waals surface area contributed by atoms with E-state index in [1.807, 2.05) is 55.5 Å². The molecule has 3 aromatic rings. The average Bonchev–Trinajstić information content (AvgIpc) is 2.83. The quantitative estimate of drug-likeness (QED) is 0.464. The molecule has 33 heavy (non-hydrogen) atoms. The Morgan fingerprint density at radius 1 is 1.12 bits per heavy atom. The maximum Gasteiger partial charge on any atom is 0.273 e. The molecule has 8 nitrogen and oxygen atoms in total. The number of benzene rings is 2. The van der Waals surface area contributed by atoms with Crippen molar-refractivity contribution >= 4 is 5.91 Å². The van der Waals surface area contributed by atoms with Crippen molar-refractivity contribution in [2.24, 2.45) is 0 Å². The van der Waals surface area contributed by atoms with Gasteiger partial charge in [-0.15, -0.1) is 10.2 Å². The molecule has 0 radical (unpaired) electrons. The fourth-order valence-corrected chi connectivity index (χ4v) is 3.25. The SMILES string of the molecule is CCC(C)Oc1cccc(-c2nnc(CCC(=O)NCCc3ccccc3OC)c(=O)[nH]2)c1. The molecule has 0 spiro atoms. The fraction of sp³-hybridized carbons (Fsp3) is 0.360. The Hall–Kier alpha value is -3.68. The van der Waals surface area contributed by atoms with Crippen molar-refractivity contribution in [2.75, 3.05) is 13.7 Å². The molecule has 0 bridgehead atoms. The van der Waals surface area contributed by atoms with E-state index >= 15 is 0 Å². The number of nitrogens with zero attached hydrogens (tertiary/aromatic N) is 2. The highest BCUT2D eigenvalue weighted by molar-refractivity contribution is 5.76. The van der Waals surface area contributed by atoms with E-state index < -0.39 is 0 Å². The molecule has 2 aromatic carbocycles. The molecule has 1 heterocycles. The number of ether oxygens (including phenoxy) is 2. The second-order valence-electron chi connectivity index (χ2n) is 7.73. The third kappa shape index (κ3) is 6.90. The first-order valence-corrected chi connectivity index (χ1v) is 11.1. The van der Waals surface area contributed by atoms with Crippen LogP contribution in [0.1, 0.15) is 37.9 Å². The second kappa shape index (κ2) is 11.8. The van der Waals surface area contributed by atoms with Crippen molar-refractivity contribution in [3.8, 4) is 22.9 Å². The minimum absolute atomic E-state index is 0.0913. The smallest absolute Gasteiger partial charge is 0.273 e. The summed E-state index contributed by atoms with van der Waals surface area (Å²) in [6, 6.07) is 15.1. The van der Waals surface area contributed by atoms with E-state index in [0.29, 0.717) is 30.1 Å². The predicted molar refractivity (Wildman–Crippen MR) is 126 cm³/mol. The number of nitrogens with one attached hydrogen (secondary N) is 2. The van der Waals surface area contributed by atoms with Crippen molar-refractivity contribution in [2.45, 2.75) is 45.6 Å². The largest absolute Gasteiger partial charge is 0.496 e. The molecular weight excluding hydrogens is 420 g/mol. The molecule has 0 aliphatic carbocycles. The van der Waals surface area contributed by atoms with Gasteiger partial charge in [0, 0.05) is 24.9 Å². The van der Waals surface area contributed by atoms with Crippen LogP contribution in [0.4, 0.5) is 0 Å². The lowest BCUT2D eigenvalue weighted by Gasteiger charge is -2.13. The summed E-state index contributed by atoms with van der Waals surface area (Å²) in [7, 11) is 1.62. The lowest BCUT2D eigenvalue weighted by molar-refractivity contribution is -0.121. The van der Waals surface area contributed by atoms with Crippen LogP contribution in [0.2, 0.25) is 0 Å². The normalized spacial score (nSPS) is 11.6. The molecule has 0 aliphatic rings. The Bertz CT molecular complexity index is 1130. The van der Waals surface area contributed by atoms with E-state index in [4.69, 9.17) is 9.47 Å². The molecule has 0 aliphatic heterocycles. The van der Waals surface area contributed by atoms with E-state index in [1.165, 1.54) is 0 Å². The third-order valence-electron chi connectivity index (χ3n) is 5.28. The van der Waals surface area contributed by atoms with Crippen molar-refractivity contribution < 1.29 is 14.3 Å². The Labute approximate surface area is 193 Å². The van der Waals surface area contributed by atoms with E-state index in [1.54, 1.807) is 7.11 Å². The van der Waals surface area contributed by atoms with Gasteiger partial charge in [-0.05, 0) is 43.5 Å². The number of aromatic nitrogens is 3. The Morgan fingerprint density at radius 2 is 1.94 bits per heavy atom. The first-order valence-electron chi connectivity index (χ1n) is 11.1. The van der Waals surface area contributed by atoms with Crippen molar-refractivity contribution in [1.29, 1.82) is 0 Å². The molecule has 2 N–H and O–H groups in total. The van der Waals surface area contributed by atoms with Crippen LogP contribution in [-0.2, 0) is 17.6 Å². The molecule has 1 atom stereocenters. The molecule has 1 amide bonds. The van der Waals surface area contributed by atoms with E-state index in [9.17, 15) is 9.59 Å². The second-order valence-corrected chi connectivity index (χ2v) is 7.73. The number of amides is 1. The third-order valence-corrected chi connectivity index (χ3v) is 5.28. The number of carbonyl (C=O) groups excluding carboxylic acids is 1.